The van der Waals surface area contributed by atoms with Gasteiger partial charge in [-0.3, -0.25) is 0 Å². The molecule has 2 rings (SSSR count). The minimum Gasteiger partial charge on any atom is -0.212 e. The first-order valence-electron chi connectivity index (χ1n) is 4.17. The average Bonchev–Trinajstić information content (AvgIpc) is 2.83. The first-order valence-corrected chi connectivity index (χ1v) is 6.54. The molecule has 5 heteroatoms. The molecule has 0 saturated heterocycles. The summed E-state index contributed by atoms with van der Waals surface area (Å²) in [4.78, 5) is 0. The lowest BCUT2D eigenvalue weighted by Gasteiger charge is -1.97. The van der Waals surface area contributed by atoms with E-state index in [-0.39, 0.29) is 11.7 Å². The molecule has 1 aromatic rings. The Bertz CT molecular complexity index is 440. The third-order valence-electron chi connectivity index (χ3n) is 2.39. The van der Waals surface area contributed by atoms with Gasteiger partial charge in [-0.25, -0.2) is 12.8 Å². The van der Waals surface area contributed by atoms with E-state index in [2.05, 4.69) is 0 Å². The molecule has 76 valence electrons. The zero-order valence-electron chi connectivity index (χ0n) is 7.15. The van der Waals surface area contributed by atoms with Gasteiger partial charge in [-0.2, -0.15) is 0 Å². The summed E-state index contributed by atoms with van der Waals surface area (Å²) in [7, 11) is 1.75. The van der Waals surface area contributed by atoms with Crippen LogP contribution in [0.25, 0.3) is 0 Å². The molecule has 1 saturated carbocycles. The minimum atomic E-state index is -3.46. The summed E-state index contributed by atoms with van der Waals surface area (Å²) in [6, 6.07) is 5.85. The highest BCUT2D eigenvalue weighted by molar-refractivity contribution is 8.14. The Morgan fingerprint density at radius 1 is 1.29 bits per heavy atom. The molecule has 1 aliphatic carbocycles. The quantitative estimate of drug-likeness (QED) is 0.736. The van der Waals surface area contributed by atoms with Crippen LogP contribution in [0.5, 0.6) is 0 Å². The van der Waals surface area contributed by atoms with Crippen LogP contribution in [0.15, 0.2) is 24.3 Å². The highest BCUT2D eigenvalue weighted by Gasteiger charge is 2.47. The van der Waals surface area contributed by atoms with Crippen molar-refractivity contribution in [1.29, 1.82) is 0 Å². The Labute approximate surface area is 86.1 Å². The molecule has 0 aliphatic heterocycles. The fourth-order valence-corrected chi connectivity index (χ4v) is 3.12. The molecule has 1 aromatic carbocycles. The van der Waals surface area contributed by atoms with Crippen molar-refractivity contribution in [3.8, 4) is 0 Å². The van der Waals surface area contributed by atoms with Crippen LogP contribution in [0.4, 0.5) is 4.39 Å². The van der Waals surface area contributed by atoms with E-state index in [0.29, 0.717) is 6.42 Å². The van der Waals surface area contributed by atoms with Crippen molar-refractivity contribution in [2.45, 2.75) is 17.6 Å². The molecule has 2 nitrogen and oxygen atoms in total. The zero-order valence-corrected chi connectivity index (χ0v) is 8.72. The summed E-state index contributed by atoms with van der Waals surface area (Å²) >= 11 is 0. The van der Waals surface area contributed by atoms with Crippen molar-refractivity contribution < 1.29 is 12.8 Å². The van der Waals surface area contributed by atoms with E-state index >= 15 is 0 Å². The molecule has 1 aliphatic rings. The second kappa shape index (κ2) is 3.21. The van der Waals surface area contributed by atoms with Crippen LogP contribution < -0.4 is 0 Å². The molecule has 14 heavy (non-hydrogen) atoms. The molecular formula is C9H8ClFO2S. The maximum Gasteiger partial charge on any atom is 0.236 e. The van der Waals surface area contributed by atoms with Gasteiger partial charge in [-0.1, -0.05) is 12.1 Å². The zero-order chi connectivity index (χ0) is 10.3. The van der Waals surface area contributed by atoms with Crippen molar-refractivity contribution in [2.24, 2.45) is 0 Å². The van der Waals surface area contributed by atoms with Gasteiger partial charge in [0.25, 0.3) is 0 Å². The Hall–Kier alpha value is -0.610. The third kappa shape index (κ3) is 1.91. The van der Waals surface area contributed by atoms with Crippen molar-refractivity contribution in [3.05, 3.63) is 35.6 Å². The average molecular weight is 235 g/mol. The van der Waals surface area contributed by atoms with Crippen molar-refractivity contribution >= 4 is 19.7 Å². The maximum atomic E-state index is 12.6. The summed E-state index contributed by atoms with van der Waals surface area (Å²) in [5, 5.41) is -0.491. The van der Waals surface area contributed by atoms with Crippen LogP contribution in [0, 0.1) is 5.82 Å². The van der Waals surface area contributed by atoms with Crippen molar-refractivity contribution in [2.75, 3.05) is 0 Å². The molecular weight excluding hydrogens is 227 g/mol. The molecule has 0 N–H and O–H groups in total. The van der Waals surface area contributed by atoms with Crippen LogP contribution in [0.3, 0.4) is 0 Å². The fourth-order valence-electron chi connectivity index (χ4n) is 1.54. The lowest BCUT2D eigenvalue weighted by Crippen LogP contribution is -1.99. The van der Waals surface area contributed by atoms with Gasteiger partial charge in [0.2, 0.25) is 9.05 Å². The van der Waals surface area contributed by atoms with Gasteiger partial charge in [0.15, 0.2) is 0 Å². The standard InChI is InChI=1S/C9H8ClFO2S/c10-14(12,13)9-5-8(9)6-1-3-7(11)4-2-6/h1-4,8-9H,5H2/t8-,9-/m0/s1. The Morgan fingerprint density at radius 2 is 1.86 bits per heavy atom. The van der Waals surface area contributed by atoms with Crippen LogP contribution in [0.1, 0.15) is 17.9 Å². The van der Waals surface area contributed by atoms with Gasteiger partial charge in [0.05, 0.1) is 5.25 Å². The second-order valence-electron chi connectivity index (χ2n) is 3.41. The van der Waals surface area contributed by atoms with E-state index in [9.17, 15) is 12.8 Å². The molecule has 0 spiro atoms. The van der Waals surface area contributed by atoms with E-state index in [1.54, 1.807) is 12.1 Å². The van der Waals surface area contributed by atoms with Crippen LogP contribution >= 0.6 is 10.7 Å². The first kappa shape index (κ1) is 9.93. The monoisotopic (exact) mass is 234 g/mol. The van der Waals surface area contributed by atoms with Crippen LogP contribution in [0.2, 0.25) is 0 Å². The number of hydrogen-bond donors (Lipinski definition) is 0. The van der Waals surface area contributed by atoms with Gasteiger partial charge in [0, 0.05) is 16.6 Å². The van der Waals surface area contributed by atoms with E-state index in [1.807, 2.05) is 0 Å². The number of hydrogen-bond acceptors (Lipinski definition) is 2. The van der Waals surface area contributed by atoms with Gasteiger partial charge >= 0.3 is 0 Å². The Morgan fingerprint density at radius 3 is 2.29 bits per heavy atom. The number of halogens is 2. The topological polar surface area (TPSA) is 34.1 Å². The van der Waals surface area contributed by atoms with E-state index in [1.165, 1.54) is 12.1 Å². The Kier molecular flexibility index (Phi) is 2.27. The molecule has 1 fully saturated rings. The normalized spacial score (nSPS) is 26.1. The summed E-state index contributed by atoms with van der Waals surface area (Å²) in [6.45, 7) is 0. The maximum absolute atomic E-state index is 12.6. The fraction of sp³-hybridized carbons (Fsp3) is 0.333. The predicted molar refractivity (Wildman–Crippen MR) is 52.3 cm³/mol. The highest BCUT2D eigenvalue weighted by atomic mass is 35.7. The molecule has 0 unspecified atom stereocenters. The molecule has 2 atom stereocenters. The van der Waals surface area contributed by atoms with E-state index in [0.717, 1.165) is 5.56 Å². The lowest BCUT2D eigenvalue weighted by atomic mass is 10.1. The van der Waals surface area contributed by atoms with E-state index in [4.69, 9.17) is 10.7 Å². The summed E-state index contributed by atoms with van der Waals surface area (Å²) in [6.07, 6.45) is 0.539. The van der Waals surface area contributed by atoms with Crippen molar-refractivity contribution in [3.63, 3.8) is 0 Å². The molecule has 0 aromatic heterocycles. The molecule has 0 amide bonds. The largest absolute Gasteiger partial charge is 0.236 e. The van der Waals surface area contributed by atoms with Gasteiger partial charge in [0.1, 0.15) is 5.82 Å². The van der Waals surface area contributed by atoms with Crippen LogP contribution in [-0.4, -0.2) is 13.7 Å². The first-order chi connectivity index (χ1) is 6.48. The SMILES string of the molecule is O=S(=O)(Cl)[C@H]1C[C@H]1c1ccc(F)cc1. The van der Waals surface area contributed by atoms with E-state index < -0.39 is 14.3 Å². The molecule has 0 bridgehead atoms. The minimum absolute atomic E-state index is 0.0573. The van der Waals surface area contributed by atoms with Gasteiger partial charge in [-0.05, 0) is 24.1 Å². The predicted octanol–water partition coefficient (Wildman–Crippen LogP) is 2.25. The summed E-state index contributed by atoms with van der Waals surface area (Å²) in [5.74, 6) is -0.377. The highest BCUT2D eigenvalue weighted by Crippen LogP contribution is 2.47. The molecule has 0 radical (unpaired) electrons. The second-order valence-corrected chi connectivity index (χ2v) is 6.25. The Balaban J connectivity index is 2.18. The summed E-state index contributed by atoms with van der Waals surface area (Å²) < 4.78 is 34.4. The smallest absolute Gasteiger partial charge is 0.212 e. The summed E-state index contributed by atoms with van der Waals surface area (Å²) in [5.41, 5.74) is 0.834. The number of benzene rings is 1. The van der Waals surface area contributed by atoms with Crippen molar-refractivity contribution in [1.82, 2.24) is 0 Å². The van der Waals surface area contributed by atoms with Gasteiger partial charge in [-0.15, -0.1) is 0 Å². The molecule has 0 heterocycles. The lowest BCUT2D eigenvalue weighted by molar-refractivity contribution is 0.607. The van der Waals surface area contributed by atoms with Gasteiger partial charge < -0.3 is 0 Å². The third-order valence-corrected chi connectivity index (χ3v) is 4.32. The van der Waals surface area contributed by atoms with Crippen LogP contribution in [-0.2, 0) is 9.05 Å². The number of rotatable bonds is 2.